The zero-order valence-electron chi connectivity index (χ0n) is 22.1. The second-order valence-corrected chi connectivity index (χ2v) is 9.67. The highest BCUT2D eigenvalue weighted by Gasteiger charge is 2.28. The van der Waals surface area contributed by atoms with Gasteiger partial charge >= 0.3 is 23.8 Å². The molecule has 0 atom stereocenters. The highest BCUT2D eigenvalue weighted by atomic mass is 32.1. The number of ether oxygens (including phenoxy) is 4. The predicted molar refractivity (Wildman–Crippen MR) is 148 cm³/mol. The van der Waals surface area contributed by atoms with E-state index in [2.05, 4.69) is 15.8 Å². The Labute approximate surface area is 234 Å². The number of nitrogens with one attached hydrogen (secondary N) is 2. The number of methoxy groups -OCH3 is 3. The number of carbonyl (C=O) groups is 4. The van der Waals surface area contributed by atoms with Crippen LogP contribution in [0.25, 0.3) is 0 Å². The molecule has 0 fully saturated rings. The Balaban J connectivity index is 1.40. The van der Waals surface area contributed by atoms with Gasteiger partial charge in [-0.25, -0.2) is 15.0 Å². The lowest BCUT2D eigenvalue weighted by Crippen LogP contribution is -2.32. The summed E-state index contributed by atoms with van der Waals surface area (Å²) < 4.78 is 20.9. The average molecular weight is 566 g/mol. The Morgan fingerprint density at radius 3 is 2.38 bits per heavy atom. The third-order valence-electron chi connectivity index (χ3n) is 6.09. The molecule has 1 heterocycles. The smallest absolute Gasteiger partial charge is 0.347 e. The largest absolute Gasteiger partial charge is 0.496 e. The Kier molecular flexibility index (Phi) is 9.12. The van der Waals surface area contributed by atoms with Crippen molar-refractivity contribution in [2.75, 3.05) is 26.6 Å². The Morgan fingerprint density at radius 2 is 1.62 bits per heavy atom. The monoisotopic (exact) mass is 565 g/mol. The molecule has 11 nitrogen and oxygen atoms in total. The number of aryl methyl sites for hydroxylation is 1. The minimum absolute atomic E-state index is 0.166. The Hall–Kier alpha value is -4.71. The Bertz CT molecular complexity index is 1480. The fourth-order valence-corrected chi connectivity index (χ4v) is 5.44. The maximum absolute atomic E-state index is 12.6. The van der Waals surface area contributed by atoms with Crippen LogP contribution in [0.1, 0.15) is 49.6 Å². The zero-order chi connectivity index (χ0) is 28.6. The maximum atomic E-state index is 12.6. The molecule has 0 saturated heterocycles. The number of hydrogen-bond donors (Lipinski definition) is 2. The van der Waals surface area contributed by atoms with Crippen molar-refractivity contribution in [1.29, 1.82) is 0 Å². The topological polar surface area (TPSA) is 142 Å². The molecule has 0 spiro atoms. The van der Waals surface area contributed by atoms with E-state index in [9.17, 15) is 19.2 Å². The van der Waals surface area contributed by atoms with E-state index < -0.39 is 23.8 Å². The van der Waals surface area contributed by atoms with Crippen molar-refractivity contribution >= 4 is 46.3 Å². The van der Waals surface area contributed by atoms with E-state index in [-0.39, 0.29) is 22.1 Å². The number of hydrogen-bond acceptors (Lipinski definition) is 10. The molecule has 0 bridgehead atoms. The predicted octanol–water partition coefficient (Wildman–Crippen LogP) is 3.74. The summed E-state index contributed by atoms with van der Waals surface area (Å²) >= 11 is 1.27. The van der Waals surface area contributed by atoms with E-state index in [1.165, 1.54) is 44.9 Å². The number of carbonyl (C=O) groups excluding carboxylic acids is 4. The van der Waals surface area contributed by atoms with Crippen LogP contribution in [-0.4, -0.2) is 51.3 Å². The quantitative estimate of drug-likeness (QED) is 0.138. The molecule has 0 unspecified atom stereocenters. The van der Waals surface area contributed by atoms with Crippen LogP contribution in [0.4, 0.5) is 5.00 Å². The van der Waals surface area contributed by atoms with Crippen molar-refractivity contribution in [3.63, 3.8) is 0 Å². The van der Waals surface area contributed by atoms with E-state index in [0.29, 0.717) is 23.3 Å². The van der Waals surface area contributed by atoms with Gasteiger partial charge in [0.1, 0.15) is 16.3 Å². The molecule has 2 N–H and O–H groups in total. The van der Waals surface area contributed by atoms with Gasteiger partial charge in [-0.1, -0.05) is 12.1 Å². The van der Waals surface area contributed by atoms with Crippen molar-refractivity contribution < 1.29 is 38.1 Å². The summed E-state index contributed by atoms with van der Waals surface area (Å²) in [5.74, 6) is -2.40. The SMILES string of the molecule is COC(=O)c1c(NC(=O)C(=O)N/N=C/c2ccc(OC(=O)c3ccccc3OC)c(OC)c2)sc2c1CCCC2. The standard InChI is InChI=1S/C28H27N3O8S/c1-36-19-10-6-4-8-17(19)27(34)39-20-13-12-16(14-21(20)37-2)15-29-31-25(33)24(32)30-26-23(28(35)38-3)18-9-5-7-11-22(18)40-26/h4,6,8,10,12-15H,5,7,9,11H2,1-3H3,(H,30,32)(H,31,33)/b29-15+. The van der Waals surface area contributed by atoms with E-state index in [0.717, 1.165) is 29.7 Å². The van der Waals surface area contributed by atoms with E-state index in [1.807, 2.05) is 0 Å². The van der Waals surface area contributed by atoms with Crippen LogP contribution in [0.3, 0.4) is 0 Å². The molecule has 3 aromatic rings. The minimum Gasteiger partial charge on any atom is -0.496 e. The first kappa shape index (κ1) is 28.3. The first-order valence-electron chi connectivity index (χ1n) is 12.3. The van der Waals surface area contributed by atoms with E-state index in [1.54, 1.807) is 36.4 Å². The second kappa shape index (κ2) is 12.9. The average Bonchev–Trinajstić information content (AvgIpc) is 3.34. The number of amides is 2. The molecule has 1 aromatic heterocycles. The molecule has 12 heteroatoms. The summed E-state index contributed by atoms with van der Waals surface area (Å²) in [5.41, 5.74) is 4.07. The molecule has 0 saturated carbocycles. The van der Waals surface area contributed by atoms with Gasteiger partial charge in [0.15, 0.2) is 11.5 Å². The van der Waals surface area contributed by atoms with Crippen LogP contribution in [0, 0.1) is 0 Å². The number of para-hydroxylation sites is 1. The number of thiophene rings is 1. The van der Waals surface area contributed by atoms with Crippen LogP contribution in [0.5, 0.6) is 17.2 Å². The van der Waals surface area contributed by atoms with Gasteiger partial charge in [-0.3, -0.25) is 9.59 Å². The first-order chi connectivity index (χ1) is 19.4. The number of esters is 2. The molecule has 40 heavy (non-hydrogen) atoms. The number of rotatable bonds is 8. The van der Waals surface area contributed by atoms with Gasteiger partial charge < -0.3 is 24.3 Å². The summed E-state index contributed by atoms with van der Waals surface area (Å²) in [6, 6.07) is 11.3. The number of nitrogens with zero attached hydrogens (tertiary/aromatic N) is 1. The van der Waals surface area contributed by atoms with Gasteiger partial charge in [-0.05, 0) is 67.1 Å². The molecular formula is C28H27N3O8S. The summed E-state index contributed by atoms with van der Waals surface area (Å²) in [6.07, 6.45) is 4.74. The molecule has 2 amide bonds. The minimum atomic E-state index is -1.02. The van der Waals surface area contributed by atoms with Crippen LogP contribution in [0.2, 0.25) is 0 Å². The van der Waals surface area contributed by atoms with Crippen molar-refractivity contribution in [3.8, 4) is 17.2 Å². The lowest BCUT2D eigenvalue weighted by molar-refractivity contribution is -0.136. The lowest BCUT2D eigenvalue weighted by atomic mass is 9.95. The number of benzene rings is 2. The Morgan fingerprint density at radius 1 is 0.875 bits per heavy atom. The maximum Gasteiger partial charge on any atom is 0.347 e. The van der Waals surface area contributed by atoms with E-state index in [4.69, 9.17) is 18.9 Å². The molecule has 0 radical (unpaired) electrons. The summed E-state index contributed by atoms with van der Waals surface area (Å²) in [5, 5.41) is 6.62. The summed E-state index contributed by atoms with van der Waals surface area (Å²) in [6.45, 7) is 0. The van der Waals surface area contributed by atoms with Gasteiger partial charge in [-0.15, -0.1) is 11.3 Å². The van der Waals surface area contributed by atoms with Crippen LogP contribution >= 0.6 is 11.3 Å². The van der Waals surface area contributed by atoms with E-state index >= 15 is 0 Å². The van der Waals surface area contributed by atoms with Gasteiger partial charge in [0, 0.05) is 4.88 Å². The van der Waals surface area contributed by atoms with Crippen LogP contribution in [-0.2, 0) is 27.2 Å². The molecular weight excluding hydrogens is 538 g/mol. The third-order valence-corrected chi connectivity index (χ3v) is 7.30. The van der Waals surface area contributed by atoms with Gasteiger partial charge in [0.2, 0.25) is 0 Å². The van der Waals surface area contributed by atoms with Crippen molar-refractivity contribution in [3.05, 3.63) is 69.6 Å². The summed E-state index contributed by atoms with van der Waals surface area (Å²) in [4.78, 5) is 50.9. The van der Waals surface area contributed by atoms with Crippen molar-refractivity contribution in [2.45, 2.75) is 25.7 Å². The normalized spacial score (nSPS) is 12.3. The fraction of sp³-hybridized carbons (Fsp3) is 0.250. The first-order valence-corrected chi connectivity index (χ1v) is 13.1. The molecule has 2 aromatic carbocycles. The number of hydrazone groups is 1. The molecule has 208 valence electrons. The third kappa shape index (κ3) is 6.29. The van der Waals surface area contributed by atoms with Crippen LogP contribution < -0.4 is 25.0 Å². The number of fused-ring (bicyclic) bond motifs is 1. The molecule has 1 aliphatic carbocycles. The van der Waals surface area contributed by atoms with Crippen LogP contribution in [0.15, 0.2) is 47.6 Å². The van der Waals surface area contributed by atoms with Crippen molar-refractivity contribution in [1.82, 2.24) is 5.43 Å². The second-order valence-electron chi connectivity index (χ2n) is 8.56. The number of anilines is 1. The highest BCUT2D eigenvalue weighted by molar-refractivity contribution is 7.17. The molecule has 1 aliphatic rings. The summed E-state index contributed by atoms with van der Waals surface area (Å²) in [7, 11) is 4.14. The molecule has 4 rings (SSSR count). The highest BCUT2D eigenvalue weighted by Crippen LogP contribution is 2.38. The molecule has 0 aliphatic heterocycles. The fourth-order valence-electron chi connectivity index (χ4n) is 4.16. The van der Waals surface area contributed by atoms with Gasteiger partial charge in [-0.2, -0.15) is 5.10 Å². The van der Waals surface area contributed by atoms with Gasteiger partial charge in [0.05, 0.1) is 33.1 Å². The lowest BCUT2D eigenvalue weighted by Gasteiger charge is -2.11. The van der Waals surface area contributed by atoms with Crippen molar-refractivity contribution in [2.24, 2.45) is 5.10 Å². The zero-order valence-corrected chi connectivity index (χ0v) is 22.9. The van der Waals surface area contributed by atoms with Gasteiger partial charge in [0.25, 0.3) is 0 Å².